The zero-order valence-corrected chi connectivity index (χ0v) is 9.93. The van der Waals surface area contributed by atoms with Crippen LogP contribution in [0.2, 0.25) is 0 Å². The van der Waals surface area contributed by atoms with Crippen molar-refractivity contribution in [3.05, 3.63) is 27.1 Å². The summed E-state index contributed by atoms with van der Waals surface area (Å²) in [6.07, 6.45) is 1.08. The van der Waals surface area contributed by atoms with Crippen molar-refractivity contribution in [1.82, 2.24) is 24.4 Å². The predicted octanol–water partition coefficient (Wildman–Crippen LogP) is -0.643. The van der Waals surface area contributed by atoms with Gasteiger partial charge in [0.15, 0.2) is 9.87 Å². The van der Waals surface area contributed by atoms with Gasteiger partial charge >= 0.3 is 5.82 Å². The highest BCUT2D eigenvalue weighted by Crippen LogP contribution is 2.15. The van der Waals surface area contributed by atoms with Gasteiger partial charge in [-0.05, 0) is 10.1 Å². The minimum atomic E-state index is -0.581. The van der Waals surface area contributed by atoms with Gasteiger partial charge < -0.3 is 10.1 Å². The topological polar surface area (TPSA) is 117 Å². The van der Waals surface area contributed by atoms with Crippen LogP contribution in [-0.4, -0.2) is 38.3 Å². The molecule has 0 N–H and O–H groups in total. The second kappa shape index (κ2) is 4.47. The largest absolute Gasteiger partial charge is 0.358 e. The Balaban J connectivity index is 2.54. The first-order valence-corrected chi connectivity index (χ1v) is 5.65. The molecule has 0 saturated heterocycles. The molecular formula is C6H4N6O3S2. The maximum atomic E-state index is 11.0. The minimum Gasteiger partial charge on any atom is -0.358 e. The molecule has 9 nitrogen and oxygen atoms in total. The predicted molar refractivity (Wildman–Crippen MR) is 58.9 cm³/mol. The molecule has 2 heterocycles. The maximum absolute atomic E-state index is 11.0. The summed E-state index contributed by atoms with van der Waals surface area (Å²) in [7, 11) is 1.45. The van der Waals surface area contributed by atoms with Crippen molar-refractivity contribution in [3.63, 3.8) is 0 Å². The monoisotopic (exact) mass is 272 g/mol. The van der Waals surface area contributed by atoms with Gasteiger partial charge in [-0.1, -0.05) is 4.49 Å². The fraction of sp³-hybridized carbons (Fsp3) is 0.167. The fourth-order valence-electron chi connectivity index (χ4n) is 1.17. The maximum Gasteiger partial charge on any atom is 0.342 e. The molecule has 0 fully saturated rings. The van der Waals surface area contributed by atoms with E-state index >= 15 is 0 Å². The Morgan fingerprint density at radius 3 is 2.88 bits per heavy atom. The zero-order valence-electron chi connectivity index (χ0n) is 8.30. The van der Waals surface area contributed by atoms with Gasteiger partial charge in [0.25, 0.3) is 0 Å². The van der Waals surface area contributed by atoms with E-state index in [0.29, 0.717) is 0 Å². The Morgan fingerprint density at radius 2 is 2.41 bits per heavy atom. The summed E-state index contributed by atoms with van der Waals surface area (Å²) in [6, 6.07) is 0. The van der Waals surface area contributed by atoms with Crippen molar-refractivity contribution in [2.24, 2.45) is 7.05 Å². The van der Waals surface area contributed by atoms with Crippen molar-refractivity contribution in [1.29, 1.82) is 0 Å². The summed E-state index contributed by atoms with van der Waals surface area (Å²) in [5.74, 6) is -0.0284. The Kier molecular flexibility index (Phi) is 3.01. The average molecular weight is 272 g/mol. The molecule has 0 saturated carbocycles. The first-order chi connectivity index (χ1) is 8.15. The molecule has 0 spiro atoms. The first-order valence-electron chi connectivity index (χ1n) is 4.13. The second-order valence-electron chi connectivity index (χ2n) is 2.84. The van der Waals surface area contributed by atoms with Crippen LogP contribution in [0, 0.1) is 10.1 Å². The number of nitro groups is 1. The highest BCUT2D eigenvalue weighted by molar-refractivity contribution is 7.68. The second-order valence-corrected chi connectivity index (χ2v) is 4.14. The third-order valence-electron chi connectivity index (χ3n) is 1.93. The van der Waals surface area contributed by atoms with Gasteiger partial charge in [-0.2, -0.15) is 0 Å². The van der Waals surface area contributed by atoms with Gasteiger partial charge in [-0.3, -0.25) is 0 Å². The Labute approximate surface area is 101 Å². The molecule has 0 bridgehead atoms. The van der Waals surface area contributed by atoms with Crippen molar-refractivity contribution < 1.29 is 9.13 Å². The lowest BCUT2D eigenvalue weighted by Gasteiger charge is -1.96. The molecule has 88 valence electrons. The summed E-state index contributed by atoms with van der Waals surface area (Å²) in [4.78, 5) is 14.1. The molecular weight excluding hydrogens is 268 g/mol. The van der Waals surface area contributed by atoms with Crippen LogP contribution >= 0.6 is 11.5 Å². The molecule has 0 unspecified atom stereocenters. The lowest BCUT2D eigenvalue weighted by atomic mass is 10.4. The summed E-state index contributed by atoms with van der Waals surface area (Å²) >= 11 is 1.07. The number of hydrogen-bond donors (Lipinski definition) is 0. The van der Waals surface area contributed by atoms with Gasteiger partial charge in [0.2, 0.25) is 5.82 Å². The number of imidazole rings is 1. The van der Waals surface area contributed by atoms with Gasteiger partial charge in [-0.25, -0.2) is 13.8 Å². The SMILES string of the molecule is Cn1c([N+](=O)[O-])cnc1C(=S=O)c1nnns1. The summed E-state index contributed by atoms with van der Waals surface area (Å²) in [6.45, 7) is 0. The van der Waals surface area contributed by atoms with E-state index in [1.807, 2.05) is 0 Å². The smallest absolute Gasteiger partial charge is 0.342 e. The standard InChI is InChI=1S/C6H4N6O3S2/c1-11-3(12(13)14)2-7-5(11)4(17-15)6-8-9-10-16-6/h2H,1H3. The molecule has 17 heavy (non-hydrogen) atoms. The molecule has 0 radical (unpaired) electrons. The number of hydrogen-bond acceptors (Lipinski definition) is 8. The third-order valence-corrected chi connectivity index (χ3v) is 3.22. The number of aromatic nitrogens is 5. The number of nitrogens with zero attached hydrogens (tertiary/aromatic N) is 6. The van der Waals surface area contributed by atoms with Crippen LogP contribution < -0.4 is 0 Å². The Morgan fingerprint density at radius 1 is 1.65 bits per heavy atom. The van der Waals surface area contributed by atoms with Crippen molar-refractivity contribution >= 4 is 33.5 Å². The molecule has 0 atom stereocenters. The minimum absolute atomic E-state index is 0.149. The quantitative estimate of drug-likeness (QED) is 0.315. The summed E-state index contributed by atoms with van der Waals surface area (Å²) in [5.41, 5.74) is 0. The normalized spacial score (nSPS) is 10.2. The zero-order chi connectivity index (χ0) is 12.4. The van der Waals surface area contributed by atoms with E-state index in [9.17, 15) is 14.3 Å². The van der Waals surface area contributed by atoms with E-state index in [2.05, 4.69) is 19.8 Å². The Hall–Kier alpha value is -2.01. The molecule has 0 amide bonds. The molecule has 0 aliphatic heterocycles. The van der Waals surface area contributed by atoms with Gasteiger partial charge in [-0.15, -0.1) is 5.10 Å². The van der Waals surface area contributed by atoms with Crippen LogP contribution in [0.4, 0.5) is 5.82 Å². The van der Waals surface area contributed by atoms with E-state index in [-0.39, 0.29) is 32.8 Å². The molecule has 2 aromatic rings. The highest BCUT2D eigenvalue weighted by atomic mass is 32.1. The fourth-order valence-corrected chi connectivity index (χ4v) is 2.16. The Bertz CT molecular complexity index is 614. The van der Waals surface area contributed by atoms with Gasteiger partial charge in [0.1, 0.15) is 17.5 Å². The van der Waals surface area contributed by atoms with E-state index in [1.165, 1.54) is 11.6 Å². The lowest BCUT2D eigenvalue weighted by Crippen LogP contribution is -2.11. The van der Waals surface area contributed by atoms with Crippen LogP contribution in [0.5, 0.6) is 0 Å². The van der Waals surface area contributed by atoms with E-state index in [1.54, 1.807) is 0 Å². The lowest BCUT2D eigenvalue weighted by molar-refractivity contribution is -0.391. The average Bonchev–Trinajstić information content (AvgIpc) is 2.91. The van der Waals surface area contributed by atoms with Crippen molar-refractivity contribution in [2.45, 2.75) is 0 Å². The van der Waals surface area contributed by atoms with Crippen LogP contribution in [0.15, 0.2) is 6.20 Å². The highest BCUT2D eigenvalue weighted by Gasteiger charge is 2.24. The molecule has 0 aliphatic rings. The molecule has 11 heteroatoms. The van der Waals surface area contributed by atoms with Crippen LogP contribution in [-0.2, 0) is 18.3 Å². The molecule has 2 aromatic heterocycles. The summed E-state index contributed by atoms with van der Waals surface area (Å²) in [5, 5.41) is 17.9. The van der Waals surface area contributed by atoms with E-state index < -0.39 is 4.92 Å². The van der Waals surface area contributed by atoms with Crippen molar-refractivity contribution in [2.75, 3.05) is 0 Å². The number of rotatable bonds is 3. The van der Waals surface area contributed by atoms with E-state index in [0.717, 1.165) is 17.7 Å². The van der Waals surface area contributed by atoms with E-state index in [4.69, 9.17) is 0 Å². The van der Waals surface area contributed by atoms with Crippen molar-refractivity contribution in [3.8, 4) is 0 Å². The first kappa shape index (κ1) is 11.5. The molecule has 0 aliphatic carbocycles. The van der Waals surface area contributed by atoms with Gasteiger partial charge in [0, 0.05) is 11.5 Å². The van der Waals surface area contributed by atoms with Gasteiger partial charge in [0.05, 0.1) is 7.05 Å². The molecule has 2 rings (SSSR count). The van der Waals surface area contributed by atoms with Crippen LogP contribution in [0.1, 0.15) is 10.8 Å². The summed E-state index contributed by atoms with van der Waals surface area (Å²) < 4.78 is 15.8. The van der Waals surface area contributed by atoms with Crippen LogP contribution in [0.25, 0.3) is 0 Å². The molecule has 0 aromatic carbocycles. The van der Waals surface area contributed by atoms with Crippen LogP contribution in [0.3, 0.4) is 0 Å². The third kappa shape index (κ3) is 1.97.